The van der Waals surface area contributed by atoms with Gasteiger partial charge in [0.1, 0.15) is 0 Å². The molecular formula is C7H13N5S. The van der Waals surface area contributed by atoms with Gasteiger partial charge in [0.15, 0.2) is 5.96 Å². The summed E-state index contributed by atoms with van der Waals surface area (Å²) in [6.45, 7) is 4.50. The van der Waals surface area contributed by atoms with Crippen LogP contribution in [0.15, 0.2) is 10.4 Å². The van der Waals surface area contributed by atoms with Crippen LogP contribution in [0.25, 0.3) is 0 Å². The Morgan fingerprint density at radius 3 is 3.08 bits per heavy atom. The SMILES string of the molecule is CC(C)NC(N)=NCc1csnn1. The van der Waals surface area contributed by atoms with Crippen LogP contribution in [0.2, 0.25) is 0 Å². The zero-order valence-electron chi connectivity index (χ0n) is 7.69. The van der Waals surface area contributed by atoms with Crippen LogP contribution in [-0.4, -0.2) is 21.6 Å². The van der Waals surface area contributed by atoms with Gasteiger partial charge >= 0.3 is 0 Å². The maximum Gasteiger partial charge on any atom is 0.189 e. The normalized spacial score (nSPS) is 12.1. The molecule has 0 aliphatic carbocycles. The fraction of sp³-hybridized carbons (Fsp3) is 0.571. The number of nitrogens with zero attached hydrogens (tertiary/aromatic N) is 3. The maximum absolute atomic E-state index is 5.59. The van der Waals surface area contributed by atoms with E-state index >= 15 is 0 Å². The molecule has 1 aromatic heterocycles. The number of nitrogens with one attached hydrogen (secondary N) is 1. The average Bonchev–Trinajstić information content (AvgIpc) is 2.51. The molecule has 0 saturated heterocycles. The van der Waals surface area contributed by atoms with E-state index in [9.17, 15) is 0 Å². The van der Waals surface area contributed by atoms with Gasteiger partial charge in [0, 0.05) is 11.4 Å². The summed E-state index contributed by atoms with van der Waals surface area (Å²) >= 11 is 1.31. The molecular weight excluding hydrogens is 186 g/mol. The van der Waals surface area contributed by atoms with Crippen molar-refractivity contribution in [2.24, 2.45) is 10.7 Å². The van der Waals surface area contributed by atoms with Gasteiger partial charge < -0.3 is 11.1 Å². The van der Waals surface area contributed by atoms with Gasteiger partial charge in [-0.2, -0.15) is 0 Å². The van der Waals surface area contributed by atoms with Crippen molar-refractivity contribution in [3.05, 3.63) is 11.1 Å². The van der Waals surface area contributed by atoms with Crippen LogP contribution in [0.5, 0.6) is 0 Å². The first kappa shape index (κ1) is 9.91. The van der Waals surface area contributed by atoms with E-state index in [1.54, 1.807) is 0 Å². The van der Waals surface area contributed by atoms with Crippen molar-refractivity contribution in [3.63, 3.8) is 0 Å². The molecule has 0 spiro atoms. The van der Waals surface area contributed by atoms with Gasteiger partial charge in [-0.3, -0.25) is 0 Å². The van der Waals surface area contributed by atoms with Crippen molar-refractivity contribution >= 4 is 17.5 Å². The molecule has 5 nitrogen and oxygen atoms in total. The second kappa shape index (κ2) is 4.76. The van der Waals surface area contributed by atoms with E-state index in [0.29, 0.717) is 18.5 Å². The van der Waals surface area contributed by atoms with Gasteiger partial charge in [-0.1, -0.05) is 4.49 Å². The maximum atomic E-state index is 5.59. The highest BCUT2D eigenvalue weighted by Gasteiger charge is 1.96. The van der Waals surface area contributed by atoms with E-state index in [1.165, 1.54) is 11.5 Å². The second-order valence-corrected chi connectivity index (χ2v) is 3.51. The Kier molecular flexibility index (Phi) is 3.63. The van der Waals surface area contributed by atoms with Crippen molar-refractivity contribution in [1.29, 1.82) is 0 Å². The number of hydrogen-bond donors (Lipinski definition) is 2. The zero-order valence-corrected chi connectivity index (χ0v) is 8.51. The number of aromatic nitrogens is 2. The van der Waals surface area contributed by atoms with E-state index in [4.69, 9.17) is 5.73 Å². The Balaban J connectivity index is 2.39. The van der Waals surface area contributed by atoms with Crippen molar-refractivity contribution in [2.75, 3.05) is 0 Å². The van der Waals surface area contributed by atoms with E-state index in [-0.39, 0.29) is 0 Å². The molecule has 0 atom stereocenters. The third kappa shape index (κ3) is 3.84. The number of nitrogens with two attached hydrogens (primary N) is 1. The van der Waals surface area contributed by atoms with Gasteiger partial charge in [0.05, 0.1) is 12.2 Å². The molecule has 1 aromatic rings. The van der Waals surface area contributed by atoms with Crippen LogP contribution in [0.4, 0.5) is 0 Å². The molecule has 0 aliphatic heterocycles. The molecule has 0 radical (unpaired) electrons. The molecule has 0 aromatic carbocycles. The molecule has 13 heavy (non-hydrogen) atoms. The standard InChI is InChI=1S/C7H13N5S/c1-5(2)10-7(8)9-3-6-4-13-12-11-6/h4-5H,3H2,1-2H3,(H3,8,9,10). The summed E-state index contributed by atoms with van der Waals surface area (Å²) in [5.74, 6) is 0.447. The summed E-state index contributed by atoms with van der Waals surface area (Å²) in [6, 6.07) is 0.303. The number of aliphatic imine (C=N–C) groups is 1. The van der Waals surface area contributed by atoms with Gasteiger partial charge in [0.2, 0.25) is 0 Å². The van der Waals surface area contributed by atoms with E-state index in [1.807, 2.05) is 19.2 Å². The Morgan fingerprint density at radius 1 is 1.77 bits per heavy atom. The largest absolute Gasteiger partial charge is 0.370 e. The molecule has 0 aliphatic rings. The molecule has 6 heteroatoms. The fourth-order valence-electron chi connectivity index (χ4n) is 0.760. The monoisotopic (exact) mass is 199 g/mol. The molecule has 3 N–H and O–H groups in total. The third-order valence-electron chi connectivity index (χ3n) is 1.25. The van der Waals surface area contributed by atoms with E-state index in [2.05, 4.69) is 19.9 Å². The third-order valence-corrected chi connectivity index (χ3v) is 1.81. The highest BCUT2D eigenvalue weighted by Crippen LogP contribution is 1.97. The lowest BCUT2D eigenvalue weighted by Gasteiger charge is -2.07. The van der Waals surface area contributed by atoms with Crippen LogP contribution in [0.1, 0.15) is 19.5 Å². The molecule has 72 valence electrons. The summed E-state index contributed by atoms with van der Waals surface area (Å²) < 4.78 is 3.72. The first-order valence-corrected chi connectivity index (χ1v) is 4.84. The number of rotatable bonds is 3. The molecule has 1 heterocycles. The van der Waals surface area contributed by atoms with Crippen molar-refractivity contribution in [1.82, 2.24) is 14.9 Å². The van der Waals surface area contributed by atoms with Crippen LogP contribution >= 0.6 is 11.5 Å². The number of guanidine groups is 1. The first-order valence-electron chi connectivity index (χ1n) is 4.01. The second-order valence-electron chi connectivity index (χ2n) is 2.90. The topological polar surface area (TPSA) is 76.2 Å². The summed E-state index contributed by atoms with van der Waals surface area (Å²) in [7, 11) is 0. The van der Waals surface area contributed by atoms with Crippen molar-refractivity contribution < 1.29 is 0 Å². The Morgan fingerprint density at radius 2 is 2.54 bits per heavy atom. The quantitative estimate of drug-likeness (QED) is 0.544. The van der Waals surface area contributed by atoms with Gasteiger partial charge in [0.25, 0.3) is 0 Å². The lowest BCUT2D eigenvalue weighted by molar-refractivity contribution is 0.722. The summed E-state index contributed by atoms with van der Waals surface area (Å²) in [4.78, 5) is 4.09. The Labute approximate surface area is 81.2 Å². The predicted molar refractivity (Wildman–Crippen MR) is 53.5 cm³/mol. The highest BCUT2D eigenvalue weighted by molar-refractivity contribution is 7.03. The molecule has 0 saturated carbocycles. The minimum atomic E-state index is 0.303. The molecule has 0 fully saturated rings. The fourth-order valence-corrected chi connectivity index (χ4v) is 1.20. The molecule has 0 unspecified atom stereocenters. The summed E-state index contributed by atoms with van der Waals surface area (Å²) in [6.07, 6.45) is 0. The summed E-state index contributed by atoms with van der Waals surface area (Å²) in [5, 5.41) is 8.69. The van der Waals surface area contributed by atoms with E-state index in [0.717, 1.165) is 5.69 Å². The Hall–Kier alpha value is -1.17. The van der Waals surface area contributed by atoms with Gasteiger partial charge in [-0.05, 0) is 25.4 Å². The minimum Gasteiger partial charge on any atom is -0.370 e. The highest BCUT2D eigenvalue weighted by atomic mass is 32.1. The first-order chi connectivity index (χ1) is 6.18. The van der Waals surface area contributed by atoms with Crippen LogP contribution in [-0.2, 0) is 6.54 Å². The minimum absolute atomic E-state index is 0.303. The van der Waals surface area contributed by atoms with E-state index < -0.39 is 0 Å². The van der Waals surface area contributed by atoms with Crippen molar-refractivity contribution in [2.45, 2.75) is 26.4 Å². The van der Waals surface area contributed by atoms with Crippen LogP contribution in [0, 0.1) is 0 Å². The smallest absolute Gasteiger partial charge is 0.189 e. The molecule has 1 rings (SSSR count). The van der Waals surface area contributed by atoms with Gasteiger partial charge in [-0.25, -0.2) is 4.99 Å². The molecule has 0 amide bonds. The van der Waals surface area contributed by atoms with Crippen LogP contribution < -0.4 is 11.1 Å². The predicted octanol–water partition coefficient (Wildman–Crippen LogP) is 0.351. The average molecular weight is 199 g/mol. The van der Waals surface area contributed by atoms with Crippen molar-refractivity contribution in [3.8, 4) is 0 Å². The Bertz CT molecular complexity index is 266. The van der Waals surface area contributed by atoms with Crippen LogP contribution in [0.3, 0.4) is 0 Å². The number of hydrogen-bond acceptors (Lipinski definition) is 4. The summed E-state index contributed by atoms with van der Waals surface area (Å²) in [5.41, 5.74) is 6.43. The van der Waals surface area contributed by atoms with Gasteiger partial charge in [-0.15, -0.1) is 5.10 Å². The lowest BCUT2D eigenvalue weighted by Crippen LogP contribution is -2.36. The molecule has 0 bridgehead atoms. The zero-order chi connectivity index (χ0) is 9.68. The lowest BCUT2D eigenvalue weighted by atomic mass is 10.4.